The Morgan fingerprint density at radius 2 is 2.12 bits per heavy atom. The number of aliphatic hydroxyl groups is 1. The summed E-state index contributed by atoms with van der Waals surface area (Å²) in [5.41, 5.74) is 0.819. The van der Waals surface area contributed by atoms with Crippen molar-refractivity contribution in [2.75, 3.05) is 13.2 Å². The topological polar surface area (TPSA) is 51.6 Å². The average molecular weight is 225 g/mol. The van der Waals surface area contributed by atoms with Gasteiger partial charge in [0.1, 0.15) is 18.5 Å². The van der Waals surface area contributed by atoms with Crippen LogP contribution in [0.3, 0.4) is 0 Å². The molecule has 1 aromatic heterocycles. The number of pyridine rings is 1. The smallest absolute Gasteiger partial charge is 0.140 e. The molecule has 0 unspecified atom stereocenters. The Morgan fingerprint density at radius 3 is 2.75 bits per heavy atom. The molecule has 1 atom stereocenters. The van der Waals surface area contributed by atoms with Crippen molar-refractivity contribution in [1.82, 2.24) is 4.98 Å². The molecule has 0 bridgehead atoms. The van der Waals surface area contributed by atoms with Crippen molar-refractivity contribution in [3.63, 3.8) is 0 Å². The van der Waals surface area contributed by atoms with Crippen molar-refractivity contribution < 1.29 is 14.6 Å². The molecule has 1 aromatic rings. The van der Waals surface area contributed by atoms with Gasteiger partial charge in [-0.15, -0.1) is 0 Å². The molecule has 0 aromatic carbocycles. The van der Waals surface area contributed by atoms with Crippen LogP contribution in [0.25, 0.3) is 0 Å². The van der Waals surface area contributed by atoms with Gasteiger partial charge in [-0.2, -0.15) is 0 Å². The van der Waals surface area contributed by atoms with Gasteiger partial charge in [0.05, 0.1) is 18.4 Å². The molecule has 0 spiro atoms. The lowest BCUT2D eigenvalue weighted by Crippen LogP contribution is -2.25. The molecular weight excluding hydrogens is 206 g/mol. The minimum absolute atomic E-state index is 0.120. The van der Waals surface area contributed by atoms with Crippen LogP contribution in [-0.2, 0) is 4.74 Å². The summed E-state index contributed by atoms with van der Waals surface area (Å²) >= 11 is 0. The summed E-state index contributed by atoms with van der Waals surface area (Å²) in [5, 5.41) is 9.58. The predicted molar refractivity (Wildman–Crippen MR) is 61.6 cm³/mol. The van der Waals surface area contributed by atoms with E-state index in [1.54, 1.807) is 12.3 Å². The van der Waals surface area contributed by atoms with Gasteiger partial charge in [-0.05, 0) is 32.9 Å². The number of hydrogen-bond acceptors (Lipinski definition) is 4. The van der Waals surface area contributed by atoms with Crippen LogP contribution in [0.15, 0.2) is 18.3 Å². The number of aliphatic hydroxyl groups excluding tert-OH is 1. The second kappa shape index (κ2) is 6.45. The minimum atomic E-state index is -0.609. The van der Waals surface area contributed by atoms with Gasteiger partial charge >= 0.3 is 0 Å². The Kier molecular flexibility index (Phi) is 5.22. The van der Waals surface area contributed by atoms with E-state index in [1.165, 1.54) is 0 Å². The van der Waals surface area contributed by atoms with E-state index < -0.39 is 6.10 Å². The van der Waals surface area contributed by atoms with Crippen molar-refractivity contribution >= 4 is 0 Å². The fourth-order valence-corrected chi connectivity index (χ4v) is 1.16. The molecule has 0 fully saturated rings. The van der Waals surface area contributed by atoms with E-state index in [-0.39, 0.29) is 19.3 Å². The Morgan fingerprint density at radius 1 is 1.38 bits per heavy atom. The Balaban J connectivity index is 2.31. The SMILES string of the molecule is Cc1ncccc1OC[C@@H](O)COC(C)C. The monoisotopic (exact) mass is 225 g/mol. The zero-order chi connectivity index (χ0) is 12.0. The normalized spacial score (nSPS) is 12.8. The van der Waals surface area contributed by atoms with Gasteiger partial charge in [0.2, 0.25) is 0 Å². The van der Waals surface area contributed by atoms with E-state index in [2.05, 4.69) is 4.98 Å². The lowest BCUT2D eigenvalue weighted by molar-refractivity contribution is -0.0124. The maximum absolute atomic E-state index is 9.58. The molecule has 1 rings (SSSR count). The van der Waals surface area contributed by atoms with Gasteiger partial charge < -0.3 is 14.6 Å². The van der Waals surface area contributed by atoms with Gasteiger partial charge in [0.25, 0.3) is 0 Å². The van der Waals surface area contributed by atoms with Crippen molar-refractivity contribution in [2.24, 2.45) is 0 Å². The maximum Gasteiger partial charge on any atom is 0.140 e. The highest BCUT2D eigenvalue weighted by Crippen LogP contribution is 2.13. The van der Waals surface area contributed by atoms with Crippen molar-refractivity contribution in [1.29, 1.82) is 0 Å². The molecule has 0 aliphatic carbocycles. The van der Waals surface area contributed by atoms with Gasteiger partial charge in [-0.3, -0.25) is 4.98 Å². The fourth-order valence-electron chi connectivity index (χ4n) is 1.16. The highest BCUT2D eigenvalue weighted by atomic mass is 16.5. The van der Waals surface area contributed by atoms with Crippen LogP contribution >= 0.6 is 0 Å². The fraction of sp³-hybridized carbons (Fsp3) is 0.583. The highest BCUT2D eigenvalue weighted by Gasteiger charge is 2.07. The molecule has 4 heteroatoms. The first-order valence-electron chi connectivity index (χ1n) is 5.43. The van der Waals surface area contributed by atoms with E-state index >= 15 is 0 Å². The van der Waals surface area contributed by atoms with Crippen LogP contribution in [0.4, 0.5) is 0 Å². The summed E-state index contributed by atoms with van der Waals surface area (Å²) in [6.45, 7) is 6.24. The van der Waals surface area contributed by atoms with E-state index in [0.29, 0.717) is 5.75 Å². The average Bonchev–Trinajstić information content (AvgIpc) is 2.25. The Hall–Kier alpha value is -1.13. The Labute approximate surface area is 96.2 Å². The number of hydrogen-bond donors (Lipinski definition) is 1. The lowest BCUT2D eigenvalue weighted by Gasteiger charge is -2.15. The van der Waals surface area contributed by atoms with E-state index in [1.807, 2.05) is 26.8 Å². The molecule has 0 saturated carbocycles. The van der Waals surface area contributed by atoms with Crippen LogP contribution in [0.2, 0.25) is 0 Å². The molecule has 16 heavy (non-hydrogen) atoms. The zero-order valence-electron chi connectivity index (χ0n) is 10.0. The number of aromatic nitrogens is 1. The van der Waals surface area contributed by atoms with Crippen LogP contribution < -0.4 is 4.74 Å². The molecular formula is C12H19NO3. The molecule has 0 aliphatic heterocycles. The third-order valence-electron chi connectivity index (χ3n) is 2.01. The molecule has 0 aliphatic rings. The summed E-state index contributed by atoms with van der Waals surface area (Å²) in [6.07, 6.45) is 1.22. The zero-order valence-corrected chi connectivity index (χ0v) is 10.0. The van der Waals surface area contributed by atoms with Gasteiger partial charge in [-0.1, -0.05) is 0 Å². The standard InChI is InChI=1S/C12H19NO3/c1-9(2)15-7-11(14)8-16-12-5-4-6-13-10(12)3/h4-6,9,11,14H,7-8H2,1-3H3/t11-/m0/s1. The largest absolute Gasteiger partial charge is 0.489 e. The summed E-state index contributed by atoms with van der Waals surface area (Å²) in [5.74, 6) is 0.700. The summed E-state index contributed by atoms with van der Waals surface area (Å²) in [6, 6.07) is 3.64. The summed E-state index contributed by atoms with van der Waals surface area (Å²) < 4.78 is 10.7. The van der Waals surface area contributed by atoms with E-state index in [0.717, 1.165) is 5.69 Å². The first kappa shape index (κ1) is 12.9. The van der Waals surface area contributed by atoms with Crippen molar-refractivity contribution in [3.8, 4) is 5.75 Å². The van der Waals surface area contributed by atoms with E-state index in [9.17, 15) is 5.11 Å². The van der Waals surface area contributed by atoms with Crippen LogP contribution in [0, 0.1) is 6.92 Å². The number of nitrogens with zero attached hydrogens (tertiary/aromatic N) is 1. The lowest BCUT2D eigenvalue weighted by atomic mass is 10.3. The van der Waals surface area contributed by atoms with Gasteiger partial charge in [0, 0.05) is 6.20 Å². The summed E-state index contributed by atoms with van der Waals surface area (Å²) in [7, 11) is 0. The van der Waals surface area contributed by atoms with Crippen LogP contribution in [0.5, 0.6) is 5.75 Å². The molecule has 0 radical (unpaired) electrons. The molecule has 1 N–H and O–H groups in total. The number of ether oxygens (including phenoxy) is 2. The molecule has 1 heterocycles. The van der Waals surface area contributed by atoms with Crippen molar-refractivity contribution in [3.05, 3.63) is 24.0 Å². The van der Waals surface area contributed by atoms with E-state index in [4.69, 9.17) is 9.47 Å². The quantitative estimate of drug-likeness (QED) is 0.798. The van der Waals surface area contributed by atoms with Gasteiger partial charge in [-0.25, -0.2) is 0 Å². The molecule has 90 valence electrons. The first-order chi connectivity index (χ1) is 7.59. The van der Waals surface area contributed by atoms with Crippen LogP contribution in [-0.4, -0.2) is 35.5 Å². The summed E-state index contributed by atoms with van der Waals surface area (Å²) in [4.78, 5) is 4.09. The van der Waals surface area contributed by atoms with Gasteiger partial charge in [0.15, 0.2) is 0 Å². The third kappa shape index (κ3) is 4.59. The van der Waals surface area contributed by atoms with Crippen LogP contribution in [0.1, 0.15) is 19.5 Å². The number of rotatable bonds is 6. The predicted octanol–water partition coefficient (Wildman–Crippen LogP) is 1.55. The second-order valence-electron chi connectivity index (χ2n) is 3.93. The Bertz CT molecular complexity index is 315. The first-order valence-corrected chi connectivity index (χ1v) is 5.43. The maximum atomic E-state index is 9.58. The minimum Gasteiger partial charge on any atom is -0.489 e. The second-order valence-corrected chi connectivity index (χ2v) is 3.93. The van der Waals surface area contributed by atoms with Crippen molar-refractivity contribution in [2.45, 2.75) is 33.0 Å². The molecule has 4 nitrogen and oxygen atoms in total. The number of aryl methyl sites for hydroxylation is 1. The highest BCUT2D eigenvalue weighted by molar-refractivity contribution is 5.25. The molecule has 0 amide bonds. The molecule has 0 saturated heterocycles. The third-order valence-corrected chi connectivity index (χ3v) is 2.01.